The van der Waals surface area contributed by atoms with Gasteiger partial charge in [0.05, 0.1) is 5.56 Å². The maximum absolute atomic E-state index is 11.4. The first-order valence-corrected chi connectivity index (χ1v) is 9.56. The van der Waals surface area contributed by atoms with E-state index >= 15 is 0 Å². The summed E-state index contributed by atoms with van der Waals surface area (Å²) in [6.07, 6.45) is 6.13. The van der Waals surface area contributed by atoms with E-state index in [2.05, 4.69) is 27.4 Å². The van der Waals surface area contributed by atoms with Gasteiger partial charge in [-0.2, -0.15) is 0 Å². The second-order valence-corrected chi connectivity index (χ2v) is 8.90. The van der Waals surface area contributed by atoms with E-state index in [1.165, 1.54) is 11.6 Å². The van der Waals surface area contributed by atoms with E-state index in [-0.39, 0.29) is 27.9 Å². The fourth-order valence-corrected chi connectivity index (χ4v) is 5.61. The van der Waals surface area contributed by atoms with Crippen molar-refractivity contribution >= 4 is 5.97 Å². The molecule has 1 aromatic carbocycles. The summed E-state index contributed by atoms with van der Waals surface area (Å²) in [5, 5.41) is 29.7. The molecule has 0 amide bonds. The third-order valence-electron chi connectivity index (χ3n) is 7.55. The van der Waals surface area contributed by atoms with Crippen molar-refractivity contribution in [3.8, 4) is 11.5 Å². The quantitative estimate of drug-likeness (QED) is 0.516. The van der Waals surface area contributed by atoms with E-state index in [9.17, 15) is 20.1 Å². The van der Waals surface area contributed by atoms with Crippen LogP contribution in [0.2, 0.25) is 0 Å². The van der Waals surface area contributed by atoms with Crippen molar-refractivity contribution in [2.75, 3.05) is 0 Å². The van der Waals surface area contributed by atoms with Gasteiger partial charge in [-0.3, -0.25) is 0 Å². The molecule has 2 aliphatic carbocycles. The number of phenolic OH excluding ortho intramolecular Hbond substituents is 2. The van der Waals surface area contributed by atoms with Crippen LogP contribution in [0, 0.1) is 22.7 Å². The molecular weight excluding hydrogens is 328 g/mol. The monoisotopic (exact) mass is 358 g/mol. The van der Waals surface area contributed by atoms with Gasteiger partial charge < -0.3 is 15.3 Å². The van der Waals surface area contributed by atoms with Crippen molar-refractivity contribution in [1.82, 2.24) is 0 Å². The molecule has 2 fully saturated rings. The van der Waals surface area contributed by atoms with Crippen LogP contribution in [0.1, 0.15) is 68.8 Å². The number of hydrogen-bond donors (Lipinski definition) is 3. The van der Waals surface area contributed by atoms with Gasteiger partial charge in [0.15, 0.2) is 11.5 Å². The highest BCUT2D eigenvalue weighted by Crippen LogP contribution is 2.62. The number of carbonyl (C=O) groups is 1. The van der Waals surface area contributed by atoms with E-state index in [0.717, 1.165) is 38.2 Å². The summed E-state index contributed by atoms with van der Waals surface area (Å²) >= 11 is 0. The number of fused-ring (bicyclic) bond motifs is 1. The van der Waals surface area contributed by atoms with E-state index in [1.54, 1.807) is 0 Å². The van der Waals surface area contributed by atoms with Crippen LogP contribution in [0.15, 0.2) is 24.3 Å². The number of carboxylic acid groups (broad SMARTS) is 1. The Hall–Kier alpha value is -1.97. The molecule has 0 bridgehead atoms. The number of rotatable bonds is 3. The third-order valence-corrected chi connectivity index (χ3v) is 7.55. The predicted molar refractivity (Wildman–Crippen MR) is 102 cm³/mol. The summed E-state index contributed by atoms with van der Waals surface area (Å²) < 4.78 is 0. The third kappa shape index (κ3) is 2.80. The number of benzene rings is 1. The van der Waals surface area contributed by atoms with Crippen LogP contribution in [0.25, 0.3) is 0 Å². The van der Waals surface area contributed by atoms with Crippen LogP contribution in [0.5, 0.6) is 11.5 Å². The fraction of sp³-hybridized carbons (Fsp3) is 0.591. The van der Waals surface area contributed by atoms with Crippen molar-refractivity contribution in [3.63, 3.8) is 0 Å². The Morgan fingerprint density at radius 1 is 1.27 bits per heavy atom. The number of carboxylic acids is 1. The van der Waals surface area contributed by atoms with E-state index in [0.29, 0.717) is 23.8 Å². The molecule has 3 N–H and O–H groups in total. The second kappa shape index (κ2) is 6.33. The lowest BCUT2D eigenvalue weighted by molar-refractivity contribution is -0.0491. The second-order valence-electron chi connectivity index (χ2n) is 8.90. The minimum Gasteiger partial charge on any atom is -0.504 e. The molecule has 0 radical (unpaired) electrons. The summed E-state index contributed by atoms with van der Waals surface area (Å²) in [5.74, 6) is -0.760. The van der Waals surface area contributed by atoms with Crippen LogP contribution < -0.4 is 0 Å². The molecule has 2 aliphatic rings. The molecule has 142 valence electrons. The highest BCUT2D eigenvalue weighted by Gasteiger charge is 2.54. The first-order valence-electron chi connectivity index (χ1n) is 9.56. The van der Waals surface area contributed by atoms with Gasteiger partial charge in [-0.15, -0.1) is 0 Å². The van der Waals surface area contributed by atoms with Gasteiger partial charge in [0.2, 0.25) is 0 Å². The number of aromatic carboxylic acids is 1. The number of allylic oxidation sites excluding steroid dienone is 1. The number of phenols is 2. The lowest BCUT2D eigenvalue weighted by atomic mass is 9.46. The predicted octanol–water partition coefficient (Wildman–Crippen LogP) is 5.14. The molecule has 26 heavy (non-hydrogen) atoms. The van der Waals surface area contributed by atoms with Crippen LogP contribution >= 0.6 is 0 Å². The highest BCUT2D eigenvalue weighted by atomic mass is 16.4. The maximum Gasteiger partial charge on any atom is 0.335 e. The van der Waals surface area contributed by atoms with Crippen LogP contribution in [-0.4, -0.2) is 21.3 Å². The van der Waals surface area contributed by atoms with E-state index in [4.69, 9.17) is 0 Å². The Bertz CT molecular complexity index is 753. The average molecular weight is 358 g/mol. The summed E-state index contributed by atoms with van der Waals surface area (Å²) in [6.45, 7) is 11.2. The van der Waals surface area contributed by atoms with Gasteiger partial charge in [0.1, 0.15) is 0 Å². The maximum atomic E-state index is 11.4. The Labute approximate surface area is 155 Å². The lowest BCUT2D eigenvalue weighted by Crippen LogP contribution is -2.51. The molecule has 0 aromatic heterocycles. The SMILES string of the molecule is C=C1CCC[C@H]2[C@](C)(Cc3cc(C(=O)O)cc(O)c3O)[C@@H](C)CC[C@@]12C. The fourth-order valence-electron chi connectivity index (χ4n) is 5.61. The molecule has 0 saturated heterocycles. The number of hydrogen-bond acceptors (Lipinski definition) is 3. The summed E-state index contributed by atoms with van der Waals surface area (Å²) in [5.41, 5.74) is 1.88. The molecule has 4 nitrogen and oxygen atoms in total. The normalized spacial score (nSPS) is 34.3. The highest BCUT2D eigenvalue weighted by molar-refractivity contribution is 5.89. The zero-order valence-electron chi connectivity index (χ0n) is 16.0. The molecule has 0 heterocycles. The summed E-state index contributed by atoms with van der Waals surface area (Å²) in [7, 11) is 0. The Morgan fingerprint density at radius 2 is 1.96 bits per heavy atom. The number of aromatic hydroxyl groups is 2. The molecule has 1 aromatic rings. The molecule has 4 atom stereocenters. The minimum absolute atomic E-state index is 0.0122. The van der Waals surface area contributed by atoms with E-state index < -0.39 is 5.97 Å². The summed E-state index contributed by atoms with van der Waals surface area (Å²) in [6, 6.07) is 2.62. The van der Waals surface area contributed by atoms with Crippen molar-refractivity contribution < 1.29 is 20.1 Å². The Kier molecular flexibility index (Phi) is 4.58. The molecule has 0 unspecified atom stereocenters. The molecule has 0 aliphatic heterocycles. The standard InChI is InChI=1S/C22H30O4/c1-13-6-5-7-18-21(13,3)9-8-14(2)22(18,4)12-16-10-15(20(25)26)11-17(23)19(16)24/h10-11,14,18,23-24H,1,5-9,12H2,2-4H3,(H,25,26)/t14-,18+,21-,22+/m0/s1. The Morgan fingerprint density at radius 3 is 2.62 bits per heavy atom. The van der Waals surface area contributed by atoms with Gasteiger partial charge in [0.25, 0.3) is 0 Å². The van der Waals surface area contributed by atoms with Gasteiger partial charge >= 0.3 is 5.97 Å². The van der Waals surface area contributed by atoms with Gasteiger partial charge in [-0.05, 0) is 78.9 Å². The first kappa shape index (κ1) is 18.8. The molecule has 3 rings (SSSR count). The van der Waals surface area contributed by atoms with Crippen molar-refractivity contribution in [3.05, 3.63) is 35.4 Å². The molecule has 2 saturated carbocycles. The van der Waals surface area contributed by atoms with Gasteiger partial charge in [-0.1, -0.05) is 32.9 Å². The molecule has 0 spiro atoms. The zero-order chi connectivity index (χ0) is 19.3. The van der Waals surface area contributed by atoms with Gasteiger partial charge in [0, 0.05) is 0 Å². The minimum atomic E-state index is -1.10. The van der Waals surface area contributed by atoms with Gasteiger partial charge in [-0.25, -0.2) is 4.79 Å². The lowest BCUT2D eigenvalue weighted by Gasteiger charge is -2.59. The first-order chi connectivity index (χ1) is 12.1. The smallest absolute Gasteiger partial charge is 0.335 e. The topological polar surface area (TPSA) is 77.8 Å². The average Bonchev–Trinajstić information content (AvgIpc) is 2.57. The van der Waals surface area contributed by atoms with Crippen molar-refractivity contribution in [2.45, 2.75) is 59.3 Å². The largest absolute Gasteiger partial charge is 0.504 e. The molecule has 4 heteroatoms. The van der Waals surface area contributed by atoms with Crippen molar-refractivity contribution in [1.29, 1.82) is 0 Å². The van der Waals surface area contributed by atoms with E-state index in [1.807, 2.05) is 0 Å². The van der Waals surface area contributed by atoms with Crippen LogP contribution in [0.3, 0.4) is 0 Å². The van der Waals surface area contributed by atoms with Crippen LogP contribution in [0.4, 0.5) is 0 Å². The van der Waals surface area contributed by atoms with Crippen LogP contribution in [-0.2, 0) is 6.42 Å². The van der Waals surface area contributed by atoms with Crippen molar-refractivity contribution in [2.24, 2.45) is 22.7 Å². The summed E-state index contributed by atoms with van der Waals surface area (Å²) in [4.78, 5) is 11.4. The Balaban J connectivity index is 2.04. The molecular formula is C22H30O4. The zero-order valence-corrected chi connectivity index (χ0v) is 16.0.